The van der Waals surface area contributed by atoms with Crippen molar-refractivity contribution >= 4 is 43.7 Å². The summed E-state index contributed by atoms with van der Waals surface area (Å²) >= 11 is 2.99. The van der Waals surface area contributed by atoms with Crippen LogP contribution in [0.15, 0.2) is 44.2 Å². The van der Waals surface area contributed by atoms with Gasteiger partial charge in [-0.15, -0.1) is 22.7 Å². The number of thiophene rings is 2. The van der Waals surface area contributed by atoms with Crippen LogP contribution in [0.25, 0.3) is 0 Å². The van der Waals surface area contributed by atoms with Gasteiger partial charge in [0, 0.05) is 39.3 Å². The van der Waals surface area contributed by atoms with Crippen LogP contribution < -0.4 is 20.3 Å². The zero-order valence-corrected chi connectivity index (χ0v) is 17.7. The largest absolute Gasteiger partial charge is 0.363 e. The maximum absolute atomic E-state index is 12.1. The predicted molar refractivity (Wildman–Crippen MR) is 114 cm³/mol. The third kappa shape index (κ3) is 5.68. The average molecular weight is 428 g/mol. The Kier molecular flexibility index (Phi) is 7.11. The van der Waals surface area contributed by atoms with Crippen molar-refractivity contribution in [3.05, 3.63) is 35.0 Å². The van der Waals surface area contributed by atoms with Crippen LogP contribution in [0.2, 0.25) is 0 Å². The van der Waals surface area contributed by atoms with E-state index in [4.69, 9.17) is 0 Å². The highest BCUT2D eigenvalue weighted by Gasteiger charge is 2.20. The topological polar surface area (TPSA) is 85.8 Å². The fraction of sp³-hybridized carbons (Fsp3) is 0.471. The lowest BCUT2D eigenvalue weighted by atomic mass is 10.1. The van der Waals surface area contributed by atoms with E-state index in [-0.39, 0.29) is 0 Å². The van der Waals surface area contributed by atoms with Crippen molar-refractivity contribution in [3.63, 3.8) is 0 Å². The van der Waals surface area contributed by atoms with Gasteiger partial charge in [-0.2, -0.15) is 0 Å². The maximum atomic E-state index is 12.1. The van der Waals surface area contributed by atoms with Crippen molar-refractivity contribution in [2.45, 2.75) is 23.1 Å². The van der Waals surface area contributed by atoms with Crippen LogP contribution in [0.3, 0.4) is 0 Å². The molecule has 0 aromatic carbocycles. The first-order chi connectivity index (χ1) is 13.1. The molecular formula is C17H25N5O2S3. The van der Waals surface area contributed by atoms with Crippen molar-refractivity contribution in [1.29, 1.82) is 0 Å². The van der Waals surface area contributed by atoms with E-state index in [9.17, 15) is 8.42 Å². The van der Waals surface area contributed by atoms with E-state index < -0.39 is 10.0 Å². The van der Waals surface area contributed by atoms with Gasteiger partial charge in [-0.1, -0.05) is 6.07 Å². The molecule has 0 radical (unpaired) electrons. The van der Waals surface area contributed by atoms with Crippen molar-refractivity contribution < 1.29 is 8.42 Å². The fourth-order valence-electron chi connectivity index (χ4n) is 2.94. The smallest absolute Gasteiger partial charge is 0.250 e. The molecule has 0 bridgehead atoms. The quantitative estimate of drug-likeness (QED) is 0.357. The maximum Gasteiger partial charge on any atom is 0.250 e. The zero-order valence-electron chi connectivity index (χ0n) is 15.2. The summed E-state index contributed by atoms with van der Waals surface area (Å²) < 4.78 is 27.1. The van der Waals surface area contributed by atoms with Gasteiger partial charge in [0.15, 0.2) is 5.96 Å². The molecule has 0 aliphatic carbocycles. The molecule has 0 unspecified atom stereocenters. The first-order valence-corrected chi connectivity index (χ1v) is 12.1. The number of nitrogens with zero attached hydrogens (tertiary/aromatic N) is 2. The molecule has 3 N–H and O–H groups in total. The van der Waals surface area contributed by atoms with E-state index in [1.54, 1.807) is 35.9 Å². The molecule has 2 aromatic heterocycles. The second kappa shape index (κ2) is 9.54. The summed E-state index contributed by atoms with van der Waals surface area (Å²) in [6, 6.07) is 7.95. The van der Waals surface area contributed by atoms with Crippen LogP contribution in [-0.2, 0) is 10.0 Å². The van der Waals surface area contributed by atoms with E-state index in [1.807, 2.05) is 0 Å². The summed E-state index contributed by atoms with van der Waals surface area (Å²) in [7, 11) is -1.68. The van der Waals surface area contributed by atoms with Crippen LogP contribution in [0.4, 0.5) is 5.00 Å². The Bertz CT molecular complexity index is 811. The van der Waals surface area contributed by atoms with E-state index in [1.165, 1.54) is 16.3 Å². The van der Waals surface area contributed by atoms with Gasteiger partial charge in [-0.3, -0.25) is 4.99 Å². The van der Waals surface area contributed by atoms with Crippen molar-refractivity contribution in [1.82, 2.24) is 15.4 Å². The summed E-state index contributed by atoms with van der Waals surface area (Å²) in [4.78, 5) is 6.66. The van der Waals surface area contributed by atoms with Gasteiger partial charge in [-0.25, -0.2) is 13.1 Å². The van der Waals surface area contributed by atoms with Crippen molar-refractivity contribution in [3.8, 4) is 0 Å². The second-order valence-electron chi connectivity index (χ2n) is 6.19. The van der Waals surface area contributed by atoms with Crippen molar-refractivity contribution in [2.24, 2.45) is 4.99 Å². The molecule has 7 nitrogen and oxygen atoms in total. The summed E-state index contributed by atoms with van der Waals surface area (Å²) in [6.45, 7) is 2.82. The predicted octanol–water partition coefficient (Wildman–Crippen LogP) is 1.92. The molecule has 3 heterocycles. The number of sulfonamides is 1. The molecule has 1 aliphatic heterocycles. The van der Waals surface area contributed by atoms with Crippen LogP contribution >= 0.6 is 22.7 Å². The van der Waals surface area contributed by atoms with Gasteiger partial charge in [0.1, 0.15) is 4.21 Å². The first-order valence-electron chi connectivity index (χ1n) is 8.87. The molecule has 1 saturated heterocycles. The van der Waals surface area contributed by atoms with Gasteiger partial charge in [0.2, 0.25) is 10.0 Å². The number of anilines is 1. The Hall–Kier alpha value is -1.62. The van der Waals surface area contributed by atoms with Gasteiger partial charge in [0.25, 0.3) is 0 Å². The number of piperidine rings is 1. The SMILES string of the molecule is CN=C(NCCNS(=O)(=O)c1cccs1)NC1CCN(c2cccs2)CC1. The third-order valence-electron chi connectivity index (χ3n) is 4.35. The highest BCUT2D eigenvalue weighted by atomic mass is 32.2. The number of aliphatic imine (C=N–C) groups is 1. The number of nitrogens with one attached hydrogen (secondary N) is 3. The van der Waals surface area contributed by atoms with E-state index >= 15 is 0 Å². The standard InChI is InChI=1S/C17H25N5O2S3/c1-18-17(19-8-9-20-27(23,24)16-5-3-13-26-16)21-14-6-10-22(11-7-14)15-4-2-12-25-15/h2-5,12-14,20H,6-11H2,1H3,(H2,18,19,21). The number of hydrogen-bond acceptors (Lipinski definition) is 6. The van der Waals surface area contributed by atoms with Crippen LogP contribution in [0, 0.1) is 0 Å². The third-order valence-corrected chi connectivity index (χ3v) is 8.13. The molecule has 1 fully saturated rings. The van der Waals surface area contributed by atoms with Gasteiger partial charge < -0.3 is 15.5 Å². The molecule has 0 atom stereocenters. The minimum Gasteiger partial charge on any atom is -0.363 e. The molecule has 148 valence electrons. The summed E-state index contributed by atoms with van der Waals surface area (Å²) in [5.74, 6) is 0.708. The first kappa shape index (κ1) is 20.1. The normalized spacial score (nSPS) is 16.5. The molecule has 3 rings (SSSR count). The molecule has 10 heteroatoms. The van der Waals surface area contributed by atoms with Gasteiger partial charge in [-0.05, 0) is 41.8 Å². The van der Waals surface area contributed by atoms with Crippen LogP contribution in [0.5, 0.6) is 0 Å². The summed E-state index contributed by atoms with van der Waals surface area (Å²) in [5, 5.41) is 11.8. The van der Waals surface area contributed by atoms with Crippen LogP contribution in [0.1, 0.15) is 12.8 Å². The summed E-state index contributed by atoms with van der Waals surface area (Å²) in [6.07, 6.45) is 2.09. The lowest BCUT2D eigenvalue weighted by molar-refractivity contribution is 0.463. The van der Waals surface area contributed by atoms with Gasteiger partial charge >= 0.3 is 0 Å². The molecule has 1 aliphatic rings. The zero-order chi connectivity index (χ0) is 19.1. The molecule has 0 spiro atoms. The molecule has 2 aromatic rings. The lowest BCUT2D eigenvalue weighted by Crippen LogP contribution is -2.49. The Morgan fingerprint density at radius 2 is 1.93 bits per heavy atom. The molecule has 27 heavy (non-hydrogen) atoms. The lowest BCUT2D eigenvalue weighted by Gasteiger charge is -2.33. The molecule has 0 amide bonds. The Morgan fingerprint density at radius 1 is 1.19 bits per heavy atom. The minimum absolute atomic E-state index is 0.303. The molecule has 0 saturated carbocycles. The highest BCUT2D eigenvalue weighted by molar-refractivity contribution is 7.91. The monoisotopic (exact) mass is 427 g/mol. The Morgan fingerprint density at radius 3 is 2.56 bits per heavy atom. The summed E-state index contributed by atoms with van der Waals surface area (Å²) in [5.41, 5.74) is 0. The average Bonchev–Trinajstić information content (AvgIpc) is 3.39. The highest BCUT2D eigenvalue weighted by Crippen LogP contribution is 2.24. The number of rotatable bonds is 7. The Labute approximate surface area is 168 Å². The van der Waals surface area contributed by atoms with E-state index in [2.05, 4.69) is 42.8 Å². The van der Waals surface area contributed by atoms with Crippen LogP contribution in [-0.4, -0.2) is 53.6 Å². The number of guanidine groups is 1. The second-order valence-corrected chi connectivity index (χ2v) is 10.1. The number of hydrogen-bond donors (Lipinski definition) is 3. The Balaban J connectivity index is 1.37. The van der Waals surface area contributed by atoms with E-state index in [0.29, 0.717) is 29.3 Å². The minimum atomic E-state index is -3.41. The molecular weight excluding hydrogens is 402 g/mol. The van der Waals surface area contributed by atoms with Crippen molar-refractivity contribution in [2.75, 3.05) is 38.1 Å². The van der Waals surface area contributed by atoms with E-state index in [0.717, 1.165) is 25.9 Å². The van der Waals surface area contributed by atoms with Gasteiger partial charge in [0.05, 0.1) is 5.00 Å². The fourth-order valence-corrected chi connectivity index (χ4v) is 5.79.